The average Bonchev–Trinajstić information content (AvgIpc) is 2.61. The molecule has 1 fully saturated rings. The van der Waals surface area contributed by atoms with Crippen molar-refractivity contribution >= 4 is 17.8 Å². The third-order valence-electron chi connectivity index (χ3n) is 4.57. The monoisotopic (exact) mass is 366 g/mol. The van der Waals surface area contributed by atoms with Gasteiger partial charge in [-0.3, -0.25) is 9.59 Å². The number of amides is 2. The molecule has 1 aliphatic rings. The second kappa shape index (κ2) is 8.75. The van der Waals surface area contributed by atoms with E-state index in [-0.39, 0.29) is 35.5 Å². The molecule has 1 aromatic rings. The summed E-state index contributed by atoms with van der Waals surface area (Å²) in [6.45, 7) is 2.83. The van der Waals surface area contributed by atoms with Gasteiger partial charge in [0.1, 0.15) is 5.82 Å². The highest BCUT2D eigenvalue weighted by Gasteiger charge is 2.33. The lowest BCUT2D eigenvalue weighted by molar-refractivity contribution is -0.126. The second-order valence-electron chi connectivity index (χ2n) is 6.36. The zero-order valence-corrected chi connectivity index (χ0v) is 14.8. The van der Waals surface area contributed by atoms with Crippen molar-refractivity contribution in [1.29, 1.82) is 0 Å². The summed E-state index contributed by atoms with van der Waals surface area (Å²) in [5, 5.41) is 11.7. The Morgan fingerprint density at radius 1 is 1.35 bits per heavy atom. The first-order valence-corrected chi connectivity index (χ1v) is 8.45. The van der Waals surface area contributed by atoms with Gasteiger partial charge in [-0.05, 0) is 38.0 Å². The lowest BCUT2D eigenvalue weighted by atomic mass is 9.92. The van der Waals surface area contributed by atoms with Crippen LogP contribution in [0.2, 0.25) is 0 Å². The largest absolute Gasteiger partial charge is 0.478 e. The Hall–Kier alpha value is -2.48. The fourth-order valence-electron chi connectivity index (χ4n) is 3.00. The maximum Gasteiger partial charge on any atom is 0.335 e. The van der Waals surface area contributed by atoms with E-state index in [2.05, 4.69) is 5.32 Å². The summed E-state index contributed by atoms with van der Waals surface area (Å²) in [4.78, 5) is 37.3. The fraction of sp³-hybridized carbons (Fsp3) is 0.500. The third-order valence-corrected chi connectivity index (χ3v) is 4.57. The number of carboxylic acid groups (broad SMARTS) is 1. The molecule has 0 saturated carbocycles. The molecule has 0 aromatic heterocycles. The zero-order valence-electron chi connectivity index (χ0n) is 14.8. The third kappa shape index (κ3) is 4.57. The maximum absolute atomic E-state index is 14.2. The highest BCUT2D eigenvalue weighted by molar-refractivity contribution is 5.96. The molecule has 0 radical (unpaired) electrons. The minimum Gasteiger partial charge on any atom is -0.478 e. The molecule has 2 unspecified atom stereocenters. The quantitative estimate of drug-likeness (QED) is 0.745. The van der Waals surface area contributed by atoms with E-state index in [1.54, 1.807) is 7.11 Å². The number of aromatic carboxylic acids is 1. The number of carbonyl (C=O) groups is 3. The maximum atomic E-state index is 14.2. The van der Waals surface area contributed by atoms with Gasteiger partial charge in [-0.25, -0.2) is 9.18 Å². The van der Waals surface area contributed by atoms with Crippen molar-refractivity contribution in [3.05, 3.63) is 35.1 Å². The molecule has 2 N–H and O–H groups in total. The van der Waals surface area contributed by atoms with Crippen LogP contribution in [0, 0.1) is 11.7 Å². The van der Waals surface area contributed by atoms with E-state index >= 15 is 0 Å². The molecule has 1 aliphatic heterocycles. The van der Waals surface area contributed by atoms with E-state index in [4.69, 9.17) is 9.84 Å². The molecule has 142 valence electrons. The highest BCUT2D eigenvalue weighted by Crippen LogP contribution is 2.25. The van der Waals surface area contributed by atoms with E-state index in [1.807, 2.05) is 6.92 Å². The summed E-state index contributed by atoms with van der Waals surface area (Å²) in [6, 6.07) is 3.07. The number of carboxylic acids is 1. The molecule has 0 spiro atoms. The first-order chi connectivity index (χ1) is 12.3. The van der Waals surface area contributed by atoms with Crippen LogP contribution >= 0.6 is 0 Å². The number of methoxy groups -OCH3 is 1. The molecule has 1 aromatic carbocycles. The van der Waals surface area contributed by atoms with Crippen LogP contribution in [0.3, 0.4) is 0 Å². The Bertz CT molecular complexity index is 694. The van der Waals surface area contributed by atoms with Crippen molar-refractivity contribution in [3.8, 4) is 0 Å². The van der Waals surface area contributed by atoms with Gasteiger partial charge < -0.3 is 20.1 Å². The van der Waals surface area contributed by atoms with Gasteiger partial charge in [0.05, 0.1) is 23.7 Å². The van der Waals surface area contributed by atoms with E-state index < -0.39 is 17.7 Å². The highest BCUT2D eigenvalue weighted by atomic mass is 19.1. The predicted molar refractivity (Wildman–Crippen MR) is 91.5 cm³/mol. The zero-order chi connectivity index (χ0) is 19.3. The number of piperidine rings is 1. The Morgan fingerprint density at radius 2 is 2.08 bits per heavy atom. The molecule has 0 aliphatic carbocycles. The Kier molecular flexibility index (Phi) is 6.68. The Balaban J connectivity index is 2.11. The topological polar surface area (TPSA) is 95.9 Å². The van der Waals surface area contributed by atoms with Gasteiger partial charge in [0.15, 0.2) is 0 Å². The molecule has 1 saturated heterocycles. The number of halogens is 1. The fourth-order valence-corrected chi connectivity index (χ4v) is 3.00. The van der Waals surface area contributed by atoms with Crippen LogP contribution in [0.1, 0.15) is 40.5 Å². The SMILES string of the molecule is COCCNC(=O)C1CCC(C)N(C(=O)c2ccc(C(=O)O)cc2F)C1. The van der Waals surface area contributed by atoms with Gasteiger partial charge in [0.25, 0.3) is 5.91 Å². The molecule has 26 heavy (non-hydrogen) atoms. The summed E-state index contributed by atoms with van der Waals surface area (Å²) in [6.07, 6.45) is 1.27. The van der Waals surface area contributed by atoms with Crippen molar-refractivity contribution in [3.63, 3.8) is 0 Å². The van der Waals surface area contributed by atoms with Crippen LogP contribution in [0.5, 0.6) is 0 Å². The van der Waals surface area contributed by atoms with Crippen molar-refractivity contribution in [2.75, 3.05) is 26.8 Å². The van der Waals surface area contributed by atoms with Crippen LogP contribution in [0.4, 0.5) is 4.39 Å². The lowest BCUT2D eigenvalue weighted by Gasteiger charge is -2.37. The van der Waals surface area contributed by atoms with Gasteiger partial charge in [-0.2, -0.15) is 0 Å². The van der Waals surface area contributed by atoms with Crippen LogP contribution in [-0.4, -0.2) is 60.6 Å². The van der Waals surface area contributed by atoms with E-state index in [0.29, 0.717) is 26.0 Å². The van der Waals surface area contributed by atoms with Gasteiger partial charge in [-0.15, -0.1) is 0 Å². The lowest BCUT2D eigenvalue weighted by Crippen LogP contribution is -2.49. The van der Waals surface area contributed by atoms with Gasteiger partial charge in [-0.1, -0.05) is 0 Å². The second-order valence-corrected chi connectivity index (χ2v) is 6.36. The number of nitrogens with zero attached hydrogens (tertiary/aromatic N) is 1. The van der Waals surface area contributed by atoms with Crippen LogP contribution in [-0.2, 0) is 9.53 Å². The Labute approximate surface area is 151 Å². The molecule has 8 heteroatoms. The summed E-state index contributed by atoms with van der Waals surface area (Å²) in [5.74, 6) is -3.21. The number of benzene rings is 1. The molecular formula is C18H23FN2O5. The van der Waals surface area contributed by atoms with Gasteiger partial charge in [0, 0.05) is 26.2 Å². The smallest absolute Gasteiger partial charge is 0.335 e. The van der Waals surface area contributed by atoms with E-state index in [0.717, 1.165) is 6.07 Å². The van der Waals surface area contributed by atoms with Gasteiger partial charge >= 0.3 is 5.97 Å². The molecule has 2 amide bonds. The number of hydrogen-bond donors (Lipinski definition) is 2. The summed E-state index contributed by atoms with van der Waals surface area (Å²) < 4.78 is 19.1. The number of rotatable bonds is 6. The minimum atomic E-state index is -1.26. The van der Waals surface area contributed by atoms with Crippen LogP contribution in [0.15, 0.2) is 18.2 Å². The molecule has 1 heterocycles. The van der Waals surface area contributed by atoms with E-state index in [1.165, 1.54) is 17.0 Å². The van der Waals surface area contributed by atoms with E-state index in [9.17, 15) is 18.8 Å². The van der Waals surface area contributed by atoms with Crippen molar-refractivity contribution < 1.29 is 28.6 Å². The molecule has 2 rings (SSSR count). The number of likely N-dealkylation sites (tertiary alicyclic amines) is 1. The standard InChI is InChI=1S/C18H23FN2O5/c1-11-3-4-13(16(22)20-7-8-26-2)10-21(11)17(23)14-6-5-12(18(24)25)9-15(14)19/h5-6,9,11,13H,3-4,7-8,10H2,1-2H3,(H,20,22)(H,24,25). The van der Waals surface area contributed by atoms with Crippen molar-refractivity contribution in [1.82, 2.24) is 10.2 Å². The van der Waals surface area contributed by atoms with Crippen molar-refractivity contribution in [2.45, 2.75) is 25.8 Å². The van der Waals surface area contributed by atoms with Crippen molar-refractivity contribution in [2.24, 2.45) is 5.92 Å². The molecule has 0 bridgehead atoms. The number of ether oxygens (including phenoxy) is 1. The Morgan fingerprint density at radius 3 is 2.69 bits per heavy atom. The predicted octanol–water partition coefficient (Wildman–Crippen LogP) is 1.53. The first-order valence-electron chi connectivity index (χ1n) is 8.45. The number of carbonyl (C=O) groups excluding carboxylic acids is 2. The summed E-state index contributed by atoms with van der Waals surface area (Å²) in [7, 11) is 1.54. The number of hydrogen-bond acceptors (Lipinski definition) is 4. The number of nitrogens with one attached hydrogen (secondary N) is 1. The average molecular weight is 366 g/mol. The van der Waals surface area contributed by atoms with Crippen LogP contribution < -0.4 is 5.32 Å². The molecular weight excluding hydrogens is 343 g/mol. The summed E-state index contributed by atoms with van der Waals surface area (Å²) >= 11 is 0. The first kappa shape index (κ1) is 19.8. The van der Waals surface area contributed by atoms with Gasteiger partial charge in [0.2, 0.25) is 5.91 Å². The molecule has 2 atom stereocenters. The minimum absolute atomic E-state index is 0.135. The van der Waals surface area contributed by atoms with Crippen LogP contribution in [0.25, 0.3) is 0 Å². The normalized spacial score (nSPS) is 19.9. The summed E-state index contributed by atoms with van der Waals surface area (Å²) in [5.41, 5.74) is -0.413. The molecule has 7 nitrogen and oxygen atoms in total.